The highest BCUT2D eigenvalue weighted by molar-refractivity contribution is 9.10. The lowest BCUT2D eigenvalue weighted by atomic mass is 9.76. The van der Waals surface area contributed by atoms with E-state index in [9.17, 15) is 14.3 Å². The molecule has 1 amide bonds. The molecule has 1 unspecified atom stereocenters. The van der Waals surface area contributed by atoms with Crippen LogP contribution in [0.1, 0.15) is 45.6 Å². The van der Waals surface area contributed by atoms with Gasteiger partial charge in [0.05, 0.1) is 10.1 Å². The lowest BCUT2D eigenvalue weighted by Gasteiger charge is -2.48. The Morgan fingerprint density at radius 3 is 2.62 bits per heavy atom. The number of rotatable bonds is 1. The van der Waals surface area contributed by atoms with E-state index in [1.54, 1.807) is 23.1 Å². The number of ether oxygens (including phenoxy) is 1. The Balaban J connectivity index is 1.69. The lowest BCUT2D eigenvalue weighted by Crippen LogP contribution is -2.58. The van der Waals surface area contributed by atoms with Crippen LogP contribution in [0.5, 0.6) is 0 Å². The van der Waals surface area contributed by atoms with Gasteiger partial charge in [0.1, 0.15) is 11.4 Å². The second kappa shape index (κ2) is 5.70. The number of hydrogen-bond donors (Lipinski definition) is 1. The van der Waals surface area contributed by atoms with Crippen molar-refractivity contribution in [2.45, 2.75) is 51.2 Å². The van der Waals surface area contributed by atoms with Crippen molar-refractivity contribution in [1.29, 1.82) is 0 Å². The largest absolute Gasteiger partial charge is 0.444 e. The molecule has 2 fully saturated rings. The van der Waals surface area contributed by atoms with E-state index in [0.29, 0.717) is 36.0 Å². The molecule has 0 bridgehead atoms. The molecule has 1 saturated carbocycles. The van der Waals surface area contributed by atoms with E-state index in [0.717, 1.165) is 6.42 Å². The highest BCUT2D eigenvalue weighted by Crippen LogP contribution is 2.54. The van der Waals surface area contributed by atoms with Crippen molar-refractivity contribution in [2.24, 2.45) is 5.41 Å². The third kappa shape index (κ3) is 3.18. The molecule has 1 aliphatic carbocycles. The SMILES string of the molecule is CC(C)(C)OC(=O)N1CC2(CCC(O)(c3cccc(Br)c3F)C2)C1. The standard InChI is InChI=1S/C18H23BrFNO3/c1-16(2,3)24-15(22)21-10-17(11-21)7-8-18(23,9-17)12-5-4-6-13(19)14(12)20/h4-6,23H,7-11H2,1-3H3. The van der Waals surface area contributed by atoms with Gasteiger partial charge < -0.3 is 14.7 Å². The van der Waals surface area contributed by atoms with Crippen molar-refractivity contribution in [3.05, 3.63) is 34.1 Å². The Hall–Kier alpha value is -1.14. The maximum Gasteiger partial charge on any atom is 0.410 e. The van der Waals surface area contributed by atoms with E-state index in [1.807, 2.05) is 20.8 Å². The fourth-order valence-electron chi connectivity index (χ4n) is 3.85. The minimum absolute atomic E-state index is 0.138. The molecule has 1 saturated heterocycles. The summed E-state index contributed by atoms with van der Waals surface area (Å²) < 4.78 is 20.1. The summed E-state index contributed by atoms with van der Waals surface area (Å²) in [5.74, 6) is -0.402. The molecule has 2 aliphatic rings. The number of hydrogen-bond acceptors (Lipinski definition) is 3. The van der Waals surface area contributed by atoms with E-state index >= 15 is 0 Å². The molecule has 1 aliphatic heterocycles. The lowest BCUT2D eigenvalue weighted by molar-refractivity contribution is -0.0484. The molecule has 1 atom stereocenters. The fraction of sp³-hybridized carbons (Fsp3) is 0.611. The van der Waals surface area contributed by atoms with Gasteiger partial charge in [-0.25, -0.2) is 9.18 Å². The van der Waals surface area contributed by atoms with Crippen LogP contribution in [0.25, 0.3) is 0 Å². The second-order valence-electron chi connectivity index (χ2n) is 8.15. The smallest absolute Gasteiger partial charge is 0.410 e. The van der Waals surface area contributed by atoms with Gasteiger partial charge in [-0.2, -0.15) is 0 Å². The van der Waals surface area contributed by atoms with Crippen LogP contribution in [0, 0.1) is 11.2 Å². The van der Waals surface area contributed by atoms with E-state index in [-0.39, 0.29) is 11.5 Å². The Labute approximate surface area is 150 Å². The Kier molecular flexibility index (Phi) is 4.20. The van der Waals surface area contributed by atoms with Crippen molar-refractivity contribution >= 4 is 22.0 Å². The van der Waals surface area contributed by atoms with Crippen LogP contribution in [0.3, 0.4) is 0 Å². The number of amides is 1. The van der Waals surface area contributed by atoms with Crippen molar-refractivity contribution in [3.8, 4) is 0 Å². The van der Waals surface area contributed by atoms with Gasteiger partial charge in [0.2, 0.25) is 0 Å². The Bertz CT molecular complexity index is 667. The maximum atomic E-state index is 14.4. The van der Waals surface area contributed by atoms with Crippen LogP contribution in [-0.2, 0) is 10.3 Å². The predicted molar refractivity (Wildman–Crippen MR) is 92.1 cm³/mol. The number of nitrogens with zero attached hydrogens (tertiary/aromatic N) is 1. The third-order valence-corrected chi connectivity index (χ3v) is 5.51. The van der Waals surface area contributed by atoms with Gasteiger partial charge in [-0.1, -0.05) is 12.1 Å². The van der Waals surface area contributed by atoms with Crippen molar-refractivity contribution < 1.29 is 19.0 Å². The van der Waals surface area contributed by atoms with Gasteiger partial charge in [-0.3, -0.25) is 0 Å². The molecule has 3 rings (SSSR count). The number of benzene rings is 1. The zero-order valence-corrected chi connectivity index (χ0v) is 15.8. The third-order valence-electron chi connectivity index (χ3n) is 4.89. The molecule has 0 aromatic heterocycles. The fourth-order valence-corrected chi connectivity index (χ4v) is 4.22. The van der Waals surface area contributed by atoms with Crippen LogP contribution in [-0.4, -0.2) is 34.8 Å². The first-order valence-electron chi connectivity index (χ1n) is 8.19. The summed E-state index contributed by atoms with van der Waals surface area (Å²) >= 11 is 3.18. The highest BCUT2D eigenvalue weighted by atomic mass is 79.9. The predicted octanol–water partition coefficient (Wildman–Crippen LogP) is 4.20. The summed E-state index contributed by atoms with van der Waals surface area (Å²) in [6.07, 6.45) is 1.42. The molecule has 24 heavy (non-hydrogen) atoms. The summed E-state index contributed by atoms with van der Waals surface area (Å²) in [6.45, 7) is 6.63. The Morgan fingerprint density at radius 2 is 2.00 bits per heavy atom. The quantitative estimate of drug-likeness (QED) is 0.769. The number of carbonyl (C=O) groups excluding carboxylic acids is 1. The zero-order valence-electron chi connectivity index (χ0n) is 14.2. The first-order chi connectivity index (χ1) is 11.0. The number of aliphatic hydroxyl groups is 1. The summed E-state index contributed by atoms with van der Waals surface area (Å²) in [4.78, 5) is 13.7. The number of carbonyl (C=O) groups is 1. The molecule has 1 N–H and O–H groups in total. The highest BCUT2D eigenvalue weighted by Gasteiger charge is 2.56. The normalized spacial score (nSPS) is 25.7. The second-order valence-corrected chi connectivity index (χ2v) is 9.00. The molecular formula is C18H23BrFNO3. The van der Waals surface area contributed by atoms with E-state index in [2.05, 4.69) is 15.9 Å². The summed E-state index contributed by atoms with van der Waals surface area (Å²) in [6, 6.07) is 5.00. The minimum Gasteiger partial charge on any atom is -0.444 e. The molecule has 1 heterocycles. The number of likely N-dealkylation sites (tertiary alicyclic amines) is 1. The van der Waals surface area contributed by atoms with Crippen LogP contribution < -0.4 is 0 Å². The average Bonchev–Trinajstić information content (AvgIpc) is 2.78. The molecular weight excluding hydrogens is 377 g/mol. The number of halogens is 2. The van der Waals surface area contributed by atoms with E-state index in [4.69, 9.17) is 4.74 Å². The topological polar surface area (TPSA) is 49.8 Å². The van der Waals surface area contributed by atoms with Crippen molar-refractivity contribution in [1.82, 2.24) is 4.90 Å². The molecule has 1 aromatic rings. The molecule has 132 valence electrons. The van der Waals surface area contributed by atoms with Gasteiger partial charge in [-0.05, 0) is 62.0 Å². The summed E-state index contributed by atoms with van der Waals surface area (Å²) in [7, 11) is 0. The van der Waals surface area contributed by atoms with E-state index in [1.165, 1.54) is 0 Å². The minimum atomic E-state index is -1.17. The van der Waals surface area contributed by atoms with Crippen LogP contribution in [0.2, 0.25) is 0 Å². The molecule has 4 nitrogen and oxygen atoms in total. The van der Waals surface area contributed by atoms with E-state index < -0.39 is 17.0 Å². The molecule has 6 heteroatoms. The molecule has 1 spiro atoms. The van der Waals surface area contributed by atoms with Gasteiger partial charge in [-0.15, -0.1) is 0 Å². The average molecular weight is 400 g/mol. The summed E-state index contributed by atoms with van der Waals surface area (Å²) in [5.41, 5.74) is -1.49. The van der Waals surface area contributed by atoms with Gasteiger partial charge >= 0.3 is 6.09 Å². The first kappa shape index (κ1) is 17.7. The molecule has 1 aromatic carbocycles. The first-order valence-corrected chi connectivity index (χ1v) is 8.98. The molecule has 0 radical (unpaired) electrons. The summed E-state index contributed by atoms with van der Waals surface area (Å²) in [5, 5.41) is 11.0. The van der Waals surface area contributed by atoms with Crippen LogP contribution in [0.4, 0.5) is 9.18 Å². The monoisotopic (exact) mass is 399 g/mol. The Morgan fingerprint density at radius 1 is 1.33 bits per heavy atom. The van der Waals surface area contributed by atoms with Gasteiger partial charge in [0.25, 0.3) is 0 Å². The van der Waals surface area contributed by atoms with Crippen molar-refractivity contribution in [2.75, 3.05) is 13.1 Å². The van der Waals surface area contributed by atoms with Crippen LogP contribution in [0.15, 0.2) is 22.7 Å². The van der Waals surface area contributed by atoms with Crippen LogP contribution >= 0.6 is 15.9 Å². The van der Waals surface area contributed by atoms with Gasteiger partial charge in [0.15, 0.2) is 0 Å². The van der Waals surface area contributed by atoms with Crippen molar-refractivity contribution in [3.63, 3.8) is 0 Å². The van der Waals surface area contributed by atoms with Gasteiger partial charge in [0, 0.05) is 24.1 Å². The zero-order chi connectivity index (χ0) is 17.8. The maximum absolute atomic E-state index is 14.4.